The molecule has 2 aliphatic heterocycles. The van der Waals surface area contributed by atoms with Crippen LogP contribution in [0.5, 0.6) is 0 Å². The average molecular weight is 875 g/mol. The topological polar surface area (TPSA) is 375 Å². The molecule has 0 aromatic carbocycles. The fraction of sp³-hybridized carbons (Fsp3) is 0.667. The molecule has 0 saturated carbocycles. The number of aliphatic imine (C=N–C) groups is 1. The van der Waals surface area contributed by atoms with Gasteiger partial charge in [0.05, 0.1) is 26.1 Å². The second-order valence-electron chi connectivity index (χ2n) is 14.2. The van der Waals surface area contributed by atoms with Crippen LogP contribution in [0.1, 0.15) is 52.9 Å². The van der Waals surface area contributed by atoms with E-state index in [-0.39, 0.29) is 44.1 Å². The zero-order valence-corrected chi connectivity index (χ0v) is 34.5. The van der Waals surface area contributed by atoms with Crippen LogP contribution in [-0.4, -0.2) is 166 Å². The van der Waals surface area contributed by atoms with Crippen molar-refractivity contribution >= 4 is 90.4 Å². The number of aliphatic hydroxyl groups excluding tert-OH is 1. The first-order valence-electron chi connectivity index (χ1n) is 18.5. The Bertz CT molecular complexity index is 1640. The highest BCUT2D eigenvalue weighted by atomic mass is 32.1. The molecule has 2 rings (SSSR count). The molecule has 0 aromatic heterocycles. The van der Waals surface area contributed by atoms with Gasteiger partial charge in [0.15, 0.2) is 5.96 Å². The van der Waals surface area contributed by atoms with Gasteiger partial charge in [0.2, 0.25) is 53.2 Å². The fourth-order valence-electron chi connectivity index (χ4n) is 5.84. The monoisotopic (exact) mass is 874 g/mol. The number of fused-ring (bicyclic) bond motifs is 1. The number of carbonyl (C=O) groups is 10. The van der Waals surface area contributed by atoms with Crippen LogP contribution in [-0.2, 0) is 47.9 Å². The molecule has 26 heteroatoms. The molecule has 0 radical (unpaired) electrons. The fourth-order valence-corrected chi connectivity index (χ4v) is 6.28. The highest BCUT2D eigenvalue weighted by Crippen LogP contribution is 2.20. The summed E-state index contributed by atoms with van der Waals surface area (Å²) in [7, 11) is 0. The second-order valence-corrected chi connectivity index (χ2v) is 15.7. The lowest BCUT2D eigenvalue weighted by atomic mass is 10.0. The van der Waals surface area contributed by atoms with Gasteiger partial charge in [-0.3, -0.25) is 52.9 Å². The molecule has 2 saturated heterocycles. The minimum absolute atomic E-state index is 0.000799. The van der Waals surface area contributed by atoms with Crippen LogP contribution < -0.4 is 54.0 Å². The molecule has 59 heavy (non-hydrogen) atoms. The lowest BCUT2D eigenvalue weighted by Gasteiger charge is -2.31. The number of carboxylic acid groups (broad SMARTS) is 1. The first kappa shape index (κ1) is 49.8. The number of carbonyl (C=O) groups excluding carboxylic acids is 9. The number of rotatable bonds is 9. The van der Waals surface area contributed by atoms with E-state index in [1.165, 1.54) is 20.8 Å². The molecule has 0 bridgehead atoms. The largest absolute Gasteiger partial charge is 0.481 e. The molecule has 2 heterocycles. The number of amides is 9. The number of thiol groups is 2. The highest BCUT2D eigenvalue weighted by Gasteiger charge is 2.40. The lowest BCUT2D eigenvalue weighted by Crippen LogP contribution is -2.61. The van der Waals surface area contributed by atoms with Crippen LogP contribution in [0.25, 0.3) is 0 Å². The van der Waals surface area contributed by atoms with E-state index in [1.54, 1.807) is 0 Å². The Labute approximate surface area is 350 Å². The molecule has 14 N–H and O–H groups in total. The number of guanidine groups is 1. The Balaban J connectivity index is 2.48. The minimum Gasteiger partial charge on any atom is -0.481 e. The maximum Gasteiger partial charge on any atom is 0.305 e. The van der Waals surface area contributed by atoms with Gasteiger partial charge >= 0.3 is 5.97 Å². The summed E-state index contributed by atoms with van der Waals surface area (Å²) in [5, 5.41) is 38.3. The molecule has 2 fully saturated rings. The highest BCUT2D eigenvalue weighted by molar-refractivity contribution is 7.81. The molecule has 330 valence electrons. The summed E-state index contributed by atoms with van der Waals surface area (Å²) in [5.41, 5.74) is 10.7. The summed E-state index contributed by atoms with van der Waals surface area (Å²) in [6.07, 6.45) is -0.489. The Kier molecular flexibility index (Phi) is 19.6. The molecule has 0 aliphatic carbocycles. The van der Waals surface area contributed by atoms with Crippen LogP contribution in [0.2, 0.25) is 0 Å². The Hall–Kier alpha value is -5.37. The molecular formula is C33H54N12O12S2. The maximum atomic E-state index is 13.6. The molecule has 1 unspecified atom stereocenters. The third kappa shape index (κ3) is 16.1. The summed E-state index contributed by atoms with van der Waals surface area (Å²) >= 11 is 8.56. The zero-order chi connectivity index (χ0) is 44.6. The number of aliphatic hydroxyl groups is 1. The predicted octanol–water partition coefficient (Wildman–Crippen LogP) is -6.69. The summed E-state index contributed by atoms with van der Waals surface area (Å²) < 4.78 is -1.24. The van der Waals surface area contributed by atoms with Gasteiger partial charge in [0.1, 0.15) is 42.3 Å². The van der Waals surface area contributed by atoms with E-state index in [9.17, 15) is 58.2 Å². The zero-order valence-electron chi connectivity index (χ0n) is 32.7. The van der Waals surface area contributed by atoms with Gasteiger partial charge in [-0.05, 0) is 46.5 Å². The Morgan fingerprint density at radius 2 is 1.37 bits per heavy atom. The van der Waals surface area contributed by atoms with Gasteiger partial charge in [0, 0.05) is 23.6 Å². The molecule has 24 nitrogen and oxygen atoms in total. The van der Waals surface area contributed by atoms with Crippen molar-refractivity contribution in [1.82, 2.24) is 47.4 Å². The third-order valence-corrected chi connectivity index (χ3v) is 9.56. The minimum atomic E-state index is -1.82. The quantitative estimate of drug-likeness (QED) is 0.0444. The SMILES string of the molecule is C[C@@H]1NC(=O)[C@H](CS)NC(=O)[C@@H]2CCCN2C(=O)[C@H](CO)NC(=O)[C@H](CC(=O)O)NC(=O)CNC(=O)[C@H](CCCN=C(N)N)NC(=O)CNC(=O)C(C(C)(C)S)NC1=O. The van der Waals surface area contributed by atoms with E-state index < -0.39 is 132 Å². The smallest absolute Gasteiger partial charge is 0.305 e. The standard InChI is InChI=1S/C33H54N12O12S2/c1-15-25(51)44-24(33(2,3)59)30(56)38-12-21(47)40-16(6-4-8-36-32(34)35)26(52)37-11-22(48)41-17(10-23(49)50)27(53)42-18(13-46)31(57)45-9-5-7-20(45)29(55)43-19(14-58)28(54)39-15/h15-20,24,46,58-59H,4-14H2,1-3H3,(H,37,52)(H,38,56)(H,39,54)(H,40,47)(H,41,48)(H,42,53)(H,43,55)(H,44,51)(H,49,50)(H4,34,35,36)/t15-,16-,17-,18-,19-,20-,24?/m0/s1. The summed E-state index contributed by atoms with van der Waals surface area (Å²) in [6, 6.07) is -10.0. The van der Waals surface area contributed by atoms with E-state index in [0.717, 1.165) is 4.90 Å². The molecule has 0 spiro atoms. The van der Waals surface area contributed by atoms with E-state index in [2.05, 4.69) is 72.8 Å². The van der Waals surface area contributed by atoms with Crippen LogP contribution in [0.3, 0.4) is 0 Å². The predicted molar refractivity (Wildman–Crippen MR) is 214 cm³/mol. The molecule has 9 amide bonds. The normalized spacial score (nSPS) is 26.6. The van der Waals surface area contributed by atoms with E-state index in [0.29, 0.717) is 6.42 Å². The van der Waals surface area contributed by atoms with Crippen molar-refractivity contribution in [2.75, 3.05) is 38.5 Å². The van der Waals surface area contributed by atoms with Crippen LogP contribution in [0, 0.1) is 0 Å². The number of nitrogens with zero attached hydrogens (tertiary/aromatic N) is 2. The molecule has 0 aromatic rings. The van der Waals surface area contributed by atoms with Gasteiger partial charge in [-0.2, -0.15) is 25.3 Å². The van der Waals surface area contributed by atoms with Gasteiger partial charge < -0.3 is 69.1 Å². The van der Waals surface area contributed by atoms with Crippen LogP contribution in [0.15, 0.2) is 4.99 Å². The van der Waals surface area contributed by atoms with Crippen molar-refractivity contribution in [3.05, 3.63) is 0 Å². The number of nitrogens with one attached hydrogen (secondary N) is 8. The first-order valence-corrected chi connectivity index (χ1v) is 19.5. The van der Waals surface area contributed by atoms with Gasteiger partial charge in [-0.1, -0.05) is 0 Å². The van der Waals surface area contributed by atoms with Crippen molar-refractivity contribution in [3.63, 3.8) is 0 Å². The van der Waals surface area contributed by atoms with Crippen molar-refractivity contribution in [3.8, 4) is 0 Å². The Morgan fingerprint density at radius 1 is 0.797 bits per heavy atom. The third-order valence-electron chi connectivity index (χ3n) is 8.93. The molecular weight excluding hydrogens is 821 g/mol. The van der Waals surface area contributed by atoms with Crippen molar-refractivity contribution < 1.29 is 58.2 Å². The van der Waals surface area contributed by atoms with E-state index >= 15 is 0 Å². The molecule has 7 atom stereocenters. The molecule has 2 aliphatic rings. The van der Waals surface area contributed by atoms with Crippen molar-refractivity contribution in [2.45, 2.75) is 99.9 Å². The number of carboxylic acids is 1. The summed E-state index contributed by atoms with van der Waals surface area (Å²) in [5.74, 6) is -10.4. The lowest BCUT2D eigenvalue weighted by molar-refractivity contribution is -0.144. The van der Waals surface area contributed by atoms with Crippen molar-refractivity contribution in [2.24, 2.45) is 16.5 Å². The summed E-state index contributed by atoms with van der Waals surface area (Å²) in [6.45, 7) is 1.82. The van der Waals surface area contributed by atoms with Gasteiger partial charge in [-0.25, -0.2) is 0 Å². The van der Waals surface area contributed by atoms with E-state index in [1.807, 2.05) is 0 Å². The van der Waals surface area contributed by atoms with E-state index in [4.69, 9.17) is 11.5 Å². The van der Waals surface area contributed by atoms with Crippen LogP contribution >= 0.6 is 25.3 Å². The number of nitrogens with two attached hydrogens (primary N) is 2. The number of hydrogen-bond acceptors (Lipinski definition) is 14. The second kappa shape index (κ2) is 23.3. The van der Waals surface area contributed by atoms with Crippen molar-refractivity contribution in [1.29, 1.82) is 0 Å². The summed E-state index contributed by atoms with van der Waals surface area (Å²) in [4.78, 5) is 136. The number of aliphatic carboxylic acids is 1. The van der Waals surface area contributed by atoms with Gasteiger partial charge in [0.25, 0.3) is 0 Å². The van der Waals surface area contributed by atoms with Gasteiger partial charge in [-0.15, -0.1) is 0 Å². The number of hydrogen-bond donors (Lipinski definition) is 14. The maximum absolute atomic E-state index is 13.6. The Morgan fingerprint density at radius 3 is 1.93 bits per heavy atom. The van der Waals surface area contributed by atoms with Crippen LogP contribution in [0.4, 0.5) is 0 Å². The average Bonchev–Trinajstić information content (AvgIpc) is 3.65. The first-order chi connectivity index (χ1) is 27.6.